The summed E-state index contributed by atoms with van der Waals surface area (Å²) in [5.74, 6) is 0.844. The van der Waals surface area contributed by atoms with Crippen LogP contribution < -0.4 is 15.4 Å². The fraction of sp³-hybridized carbons (Fsp3) is 0.400. The molecular weight excluding hydrogens is 270 g/mol. The number of aryl methyl sites for hydroxylation is 1. The normalized spacial score (nSPS) is 10.6. The molecule has 0 radical (unpaired) electrons. The summed E-state index contributed by atoms with van der Waals surface area (Å²) in [6.45, 7) is 2.70. The van der Waals surface area contributed by atoms with E-state index in [1.807, 2.05) is 31.3 Å². The number of nitrogens with two attached hydrogens (primary N) is 1. The van der Waals surface area contributed by atoms with Crippen LogP contribution >= 0.6 is 11.3 Å². The molecule has 0 aliphatic rings. The predicted octanol–water partition coefficient (Wildman–Crippen LogP) is 3.33. The third-order valence-electron chi connectivity index (χ3n) is 3.17. The van der Waals surface area contributed by atoms with Crippen molar-refractivity contribution in [2.75, 3.05) is 19.1 Å². The Labute approximate surface area is 124 Å². The number of aromatic nitrogens is 1. The van der Waals surface area contributed by atoms with Gasteiger partial charge in [0.1, 0.15) is 5.75 Å². The van der Waals surface area contributed by atoms with Crippen LogP contribution in [0.3, 0.4) is 0 Å². The summed E-state index contributed by atoms with van der Waals surface area (Å²) in [5, 5.41) is 0.957. The molecule has 20 heavy (non-hydrogen) atoms. The molecule has 0 aliphatic heterocycles. The third kappa shape index (κ3) is 2.94. The van der Waals surface area contributed by atoms with Gasteiger partial charge in [-0.3, -0.25) is 0 Å². The quantitative estimate of drug-likeness (QED) is 0.887. The van der Waals surface area contributed by atoms with E-state index < -0.39 is 0 Å². The minimum Gasteiger partial charge on any atom is -0.495 e. The van der Waals surface area contributed by atoms with Gasteiger partial charge < -0.3 is 15.4 Å². The molecule has 0 unspecified atom stereocenters. The van der Waals surface area contributed by atoms with Gasteiger partial charge in [0.05, 0.1) is 18.5 Å². The van der Waals surface area contributed by atoms with Crippen LogP contribution in [0, 0.1) is 0 Å². The van der Waals surface area contributed by atoms with Crippen LogP contribution in [-0.4, -0.2) is 19.1 Å². The Morgan fingerprint density at radius 2 is 2.10 bits per heavy atom. The molecule has 0 saturated carbocycles. The van der Waals surface area contributed by atoms with Crippen LogP contribution in [0.4, 0.5) is 10.8 Å². The maximum Gasteiger partial charge on any atom is 0.190 e. The first-order valence-electron chi connectivity index (χ1n) is 6.76. The van der Waals surface area contributed by atoms with E-state index in [4.69, 9.17) is 15.5 Å². The van der Waals surface area contributed by atoms with E-state index in [0.717, 1.165) is 35.1 Å². The van der Waals surface area contributed by atoms with E-state index in [1.54, 1.807) is 18.4 Å². The van der Waals surface area contributed by atoms with Gasteiger partial charge in [-0.15, -0.1) is 0 Å². The zero-order chi connectivity index (χ0) is 14.5. The van der Waals surface area contributed by atoms with Gasteiger partial charge in [-0.25, -0.2) is 4.98 Å². The number of thiazole rings is 1. The second-order valence-electron chi connectivity index (χ2n) is 4.55. The summed E-state index contributed by atoms with van der Waals surface area (Å²) in [4.78, 5) is 7.96. The molecule has 108 valence electrons. The number of ether oxygens (including phenoxy) is 1. The van der Waals surface area contributed by atoms with E-state index in [-0.39, 0.29) is 0 Å². The van der Waals surface area contributed by atoms with Gasteiger partial charge in [0.2, 0.25) is 0 Å². The highest BCUT2D eigenvalue weighted by molar-refractivity contribution is 7.15. The van der Waals surface area contributed by atoms with Gasteiger partial charge in [0, 0.05) is 18.5 Å². The Hall–Kier alpha value is -1.59. The van der Waals surface area contributed by atoms with Crippen molar-refractivity contribution >= 4 is 22.2 Å². The summed E-state index contributed by atoms with van der Waals surface area (Å²) < 4.78 is 5.41. The Balaban J connectivity index is 2.35. The molecule has 1 aromatic heterocycles. The SMILES string of the molecule is CCCc1nc(N(C)c2ccccc2OC)sc1CN. The topological polar surface area (TPSA) is 51.4 Å². The maximum atomic E-state index is 5.82. The van der Waals surface area contributed by atoms with Gasteiger partial charge in [-0.2, -0.15) is 0 Å². The molecule has 1 aromatic carbocycles. The lowest BCUT2D eigenvalue weighted by atomic mass is 10.2. The van der Waals surface area contributed by atoms with Gasteiger partial charge >= 0.3 is 0 Å². The van der Waals surface area contributed by atoms with Gasteiger partial charge in [0.15, 0.2) is 5.13 Å². The first-order valence-corrected chi connectivity index (χ1v) is 7.58. The van der Waals surface area contributed by atoms with Crippen LogP contribution in [0.25, 0.3) is 0 Å². The summed E-state index contributed by atoms with van der Waals surface area (Å²) in [6, 6.07) is 7.95. The van der Waals surface area contributed by atoms with Crippen LogP contribution in [-0.2, 0) is 13.0 Å². The number of rotatable bonds is 6. The molecule has 0 amide bonds. The molecule has 2 N–H and O–H groups in total. The fourth-order valence-electron chi connectivity index (χ4n) is 2.11. The zero-order valence-electron chi connectivity index (χ0n) is 12.2. The highest BCUT2D eigenvalue weighted by Gasteiger charge is 2.16. The Bertz CT molecular complexity index is 568. The standard InChI is InChI=1S/C15H21N3OS/c1-4-7-11-14(10-16)20-15(17-11)18(2)12-8-5-6-9-13(12)19-3/h5-6,8-9H,4,7,10,16H2,1-3H3. The Morgan fingerprint density at radius 3 is 2.75 bits per heavy atom. The molecule has 2 rings (SSSR count). The molecule has 4 nitrogen and oxygen atoms in total. The molecule has 0 spiro atoms. The molecule has 0 aliphatic carbocycles. The molecule has 0 saturated heterocycles. The molecule has 0 atom stereocenters. The van der Waals surface area contributed by atoms with Crippen molar-refractivity contribution in [2.24, 2.45) is 5.73 Å². The Kier molecular flexibility index (Phi) is 4.98. The highest BCUT2D eigenvalue weighted by atomic mass is 32.1. The number of hydrogen-bond acceptors (Lipinski definition) is 5. The van der Waals surface area contributed by atoms with Crippen molar-refractivity contribution in [1.82, 2.24) is 4.98 Å². The molecule has 0 bridgehead atoms. The van der Waals surface area contributed by atoms with Crippen molar-refractivity contribution < 1.29 is 4.74 Å². The minimum absolute atomic E-state index is 0.548. The number of nitrogens with zero attached hydrogens (tertiary/aromatic N) is 2. The second-order valence-corrected chi connectivity index (χ2v) is 5.61. The number of methoxy groups -OCH3 is 1. The van der Waals surface area contributed by atoms with Crippen molar-refractivity contribution in [3.8, 4) is 5.75 Å². The summed E-state index contributed by atoms with van der Waals surface area (Å²) >= 11 is 1.66. The maximum absolute atomic E-state index is 5.82. The monoisotopic (exact) mass is 291 g/mol. The molecule has 2 aromatic rings. The summed E-state index contributed by atoms with van der Waals surface area (Å²) in [6.07, 6.45) is 2.05. The zero-order valence-corrected chi connectivity index (χ0v) is 13.0. The largest absolute Gasteiger partial charge is 0.495 e. The lowest BCUT2D eigenvalue weighted by molar-refractivity contribution is 0.415. The first-order chi connectivity index (χ1) is 9.71. The smallest absolute Gasteiger partial charge is 0.190 e. The predicted molar refractivity (Wildman–Crippen MR) is 85.1 cm³/mol. The number of hydrogen-bond donors (Lipinski definition) is 1. The fourth-order valence-corrected chi connectivity index (χ4v) is 3.08. The van der Waals surface area contributed by atoms with E-state index >= 15 is 0 Å². The Morgan fingerprint density at radius 1 is 1.35 bits per heavy atom. The molecule has 5 heteroatoms. The van der Waals surface area contributed by atoms with Gasteiger partial charge in [-0.05, 0) is 18.6 Å². The second kappa shape index (κ2) is 6.72. The average molecular weight is 291 g/mol. The summed E-state index contributed by atoms with van der Waals surface area (Å²) in [5.41, 5.74) is 7.95. The van der Waals surface area contributed by atoms with E-state index in [2.05, 4.69) is 11.8 Å². The average Bonchev–Trinajstić information content (AvgIpc) is 2.90. The molecular formula is C15H21N3OS. The molecule has 1 heterocycles. The number of benzene rings is 1. The lowest BCUT2D eigenvalue weighted by Crippen LogP contribution is -2.10. The van der Waals surface area contributed by atoms with Crippen molar-refractivity contribution in [3.05, 3.63) is 34.8 Å². The third-order valence-corrected chi connectivity index (χ3v) is 4.37. The highest BCUT2D eigenvalue weighted by Crippen LogP contribution is 2.35. The lowest BCUT2D eigenvalue weighted by Gasteiger charge is -2.18. The number of para-hydroxylation sites is 2. The van der Waals surface area contributed by atoms with Crippen molar-refractivity contribution in [2.45, 2.75) is 26.3 Å². The van der Waals surface area contributed by atoms with Gasteiger partial charge in [0.25, 0.3) is 0 Å². The van der Waals surface area contributed by atoms with Crippen LogP contribution in [0.1, 0.15) is 23.9 Å². The van der Waals surface area contributed by atoms with E-state index in [9.17, 15) is 0 Å². The van der Waals surface area contributed by atoms with Crippen LogP contribution in [0.2, 0.25) is 0 Å². The first kappa shape index (κ1) is 14.8. The van der Waals surface area contributed by atoms with Crippen LogP contribution in [0.5, 0.6) is 5.75 Å². The van der Waals surface area contributed by atoms with E-state index in [0.29, 0.717) is 6.54 Å². The van der Waals surface area contributed by atoms with Crippen LogP contribution in [0.15, 0.2) is 24.3 Å². The summed E-state index contributed by atoms with van der Waals surface area (Å²) in [7, 11) is 3.69. The van der Waals surface area contributed by atoms with Crippen molar-refractivity contribution in [3.63, 3.8) is 0 Å². The number of anilines is 2. The van der Waals surface area contributed by atoms with Crippen molar-refractivity contribution in [1.29, 1.82) is 0 Å². The minimum atomic E-state index is 0.548. The molecule has 0 fully saturated rings. The van der Waals surface area contributed by atoms with Gasteiger partial charge in [-0.1, -0.05) is 36.8 Å². The van der Waals surface area contributed by atoms with E-state index in [1.165, 1.54) is 4.88 Å².